The summed E-state index contributed by atoms with van der Waals surface area (Å²) in [5, 5.41) is 13.0. The largest absolute Gasteiger partial charge is 0.392 e. The first-order valence-electron chi connectivity index (χ1n) is 7.44. The summed E-state index contributed by atoms with van der Waals surface area (Å²) in [7, 11) is 0. The molecule has 0 spiro atoms. The maximum absolute atomic E-state index is 9.23. The van der Waals surface area contributed by atoms with E-state index in [1.54, 1.807) is 0 Å². The van der Waals surface area contributed by atoms with Gasteiger partial charge in [0.1, 0.15) is 0 Å². The molecule has 2 fully saturated rings. The van der Waals surface area contributed by atoms with Crippen molar-refractivity contribution in [2.75, 3.05) is 5.32 Å². The van der Waals surface area contributed by atoms with Gasteiger partial charge in [-0.25, -0.2) is 0 Å². The van der Waals surface area contributed by atoms with Gasteiger partial charge in [-0.2, -0.15) is 0 Å². The van der Waals surface area contributed by atoms with Crippen molar-refractivity contribution < 1.29 is 5.11 Å². The molecular weight excluding hydrogens is 234 g/mol. The molecule has 0 aromatic heterocycles. The Kier molecular flexibility index (Phi) is 2.90. The number of rotatable bonds is 3. The minimum atomic E-state index is 0.117. The summed E-state index contributed by atoms with van der Waals surface area (Å²) in [6.07, 6.45) is 4.01. The molecule has 2 aliphatic rings. The van der Waals surface area contributed by atoms with Crippen molar-refractivity contribution in [2.24, 2.45) is 16.7 Å². The second kappa shape index (κ2) is 4.24. The number of hydrogen-bond acceptors (Lipinski definition) is 2. The fourth-order valence-corrected chi connectivity index (χ4v) is 4.38. The number of hydrogen-bond donors (Lipinski definition) is 2. The van der Waals surface area contributed by atoms with Crippen LogP contribution in [0, 0.1) is 16.7 Å². The molecule has 2 heteroatoms. The molecule has 1 aromatic carbocycles. The summed E-state index contributed by atoms with van der Waals surface area (Å²) in [5.41, 5.74) is 2.98. The van der Waals surface area contributed by atoms with Crippen molar-refractivity contribution in [3.05, 3.63) is 29.8 Å². The van der Waals surface area contributed by atoms with Crippen LogP contribution in [0.3, 0.4) is 0 Å². The highest BCUT2D eigenvalue weighted by Gasteiger charge is 2.61. The Morgan fingerprint density at radius 2 is 2.11 bits per heavy atom. The Hall–Kier alpha value is -1.02. The predicted octanol–water partition coefficient (Wildman–Crippen LogP) is 3.81. The fourth-order valence-electron chi connectivity index (χ4n) is 4.38. The number of nitrogens with one attached hydrogen (secondary N) is 1. The number of benzene rings is 1. The van der Waals surface area contributed by atoms with E-state index < -0.39 is 0 Å². The lowest BCUT2D eigenvalue weighted by Crippen LogP contribution is -2.40. The quantitative estimate of drug-likeness (QED) is 0.865. The topological polar surface area (TPSA) is 32.3 Å². The van der Waals surface area contributed by atoms with Gasteiger partial charge in [0.25, 0.3) is 0 Å². The third kappa shape index (κ3) is 1.80. The Labute approximate surface area is 116 Å². The van der Waals surface area contributed by atoms with Crippen molar-refractivity contribution in [3.8, 4) is 0 Å². The van der Waals surface area contributed by atoms with E-state index in [1.807, 2.05) is 12.1 Å². The molecule has 19 heavy (non-hydrogen) atoms. The summed E-state index contributed by atoms with van der Waals surface area (Å²) in [4.78, 5) is 0. The second-order valence-corrected chi connectivity index (χ2v) is 7.17. The molecule has 1 aromatic rings. The Balaban J connectivity index is 1.82. The standard InChI is InChI=1S/C17H25NO/c1-16(2)13-7-8-17(16,3)15(10-13)18-14-6-4-5-12(9-14)11-19/h4-6,9,13,15,18-19H,7-8,10-11H2,1-3H3. The van der Waals surface area contributed by atoms with E-state index in [9.17, 15) is 5.11 Å². The molecule has 0 amide bonds. The summed E-state index contributed by atoms with van der Waals surface area (Å²) in [5.74, 6) is 0.857. The van der Waals surface area contributed by atoms with Crippen molar-refractivity contribution in [3.63, 3.8) is 0 Å². The van der Waals surface area contributed by atoms with Crippen LogP contribution in [0.5, 0.6) is 0 Å². The maximum atomic E-state index is 9.23. The lowest BCUT2D eigenvalue weighted by molar-refractivity contribution is 0.142. The zero-order chi connectivity index (χ0) is 13.7. The summed E-state index contributed by atoms with van der Waals surface area (Å²) in [6, 6.07) is 8.74. The van der Waals surface area contributed by atoms with Crippen LogP contribution in [0.15, 0.2) is 24.3 Å². The molecule has 3 rings (SSSR count). The van der Waals surface area contributed by atoms with Crippen molar-refractivity contribution in [2.45, 2.75) is 52.7 Å². The molecule has 0 radical (unpaired) electrons. The van der Waals surface area contributed by atoms with Gasteiger partial charge in [-0.3, -0.25) is 0 Å². The SMILES string of the molecule is CC1(C)C2CCC1(C)C(Nc1cccc(CO)c1)C2. The Morgan fingerprint density at radius 3 is 2.68 bits per heavy atom. The van der Waals surface area contributed by atoms with E-state index in [4.69, 9.17) is 0 Å². The van der Waals surface area contributed by atoms with Crippen LogP contribution in [0.1, 0.15) is 45.6 Å². The minimum absolute atomic E-state index is 0.117. The molecule has 2 nitrogen and oxygen atoms in total. The third-order valence-corrected chi connectivity index (χ3v) is 6.24. The van der Waals surface area contributed by atoms with Gasteiger partial charge in [-0.05, 0) is 53.7 Å². The van der Waals surface area contributed by atoms with Gasteiger partial charge in [0.15, 0.2) is 0 Å². The molecule has 2 aliphatic carbocycles. The number of fused-ring (bicyclic) bond motifs is 2. The summed E-state index contributed by atoms with van der Waals surface area (Å²) in [6.45, 7) is 7.45. The van der Waals surface area contributed by atoms with Crippen molar-refractivity contribution in [1.82, 2.24) is 0 Å². The van der Waals surface area contributed by atoms with Gasteiger partial charge in [0.2, 0.25) is 0 Å². The first-order chi connectivity index (χ1) is 8.97. The number of anilines is 1. The molecule has 2 N–H and O–H groups in total. The monoisotopic (exact) mass is 259 g/mol. The number of aliphatic hydroxyl groups excluding tert-OH is 1. The van der Waals surface area contributed by atoms with Crippen LogP contribution in [0.2, 0.25) is 0 Å². The second-order valence-electron chi connectivity index (χ2n) is 7.17. The van der Waals surface area contributed by atoms with E-state index in [0.29, 0.717) is 16.9 Å². The average Bonchev–Trinajstić information content (AvgIpc) is 2.72. The van der Waals surface area contributed by atoms with Crippen molar-refractivity contribution >= 4 is 5.69 Å². The van der Waals surface area contributed by atoms with Crippen LogP contribution in [-0.2, 0) is 6.61 Å². The zero-order valence-electron chi connectivity index (χ0n) is 12.2. The predicted molar refractivity (Wildman–Crippen MR) is 79.0 cm³/mol. The van der Waals surface area contributed by atoms with Crippen LogP contribution < -0.4 is 5.32 Å². The highest BCUT2D eigenvalue weighted by atomic mass is 16.3. The molecular formula is C17H25NO. The lowest BCUT2D eigenvalue weighted by atomic mass is 9.69. The van der Waals surface area contributed by atoms with Gasteiger partial charge in [0.05, 0.1) is 6.61 Å². The fraction of sp³-hybridized carbons (Fsp3) is 0.647. The highest BCUT2D eigenvalue weighted by molar-refractivity contribution is 5.47. The van der Waals surface area contributed by atoms with E-state index in [1.165, 1.54) is 19.3 Å². The zero-order valence-corrected chi connectivity index (χ0v) is 12.2. The van der Waals surface area contributed by atoms with E-state index in [2.05, 4.69) is 38.2 Å². The normalized spacial score (nSPS) is 35.6. The van der Waals surface area contributed by atoms with Crippen LogP contribution in [0.25, 0.3) is 0 Å². The van der Waals surface area contributed by atoms with Gasteiger partial charge in [-0.1, -0.05) is 32.9 Å². The van der Waals surface area contributed by atoms with E-state index in [0.717, 1.165) is 17.2 Å². The van der Waals surface area contributed by atoms with Gasteiger partial charge in [-0.15, -0.1) is 0 Å². The molecule has 3 atom stereocenters. The summed E-state index contributed by atoms with van der Waals surface area (Å²) < 4.78 is 0. The summed E-state index contributed by atoms with van der Waals surface area (Å²) >= 11 is 0. The maximum Gasteiger partial charge on any atom is 0.0682 e. The molecule has 104 valence electrons. The van der Waals surface area contributed by atoms with Gasteiger partial charge < -0.3 is 10.4 Å². The minimum Gasteiger partial charge on any atom is -0.392 e. The van der Waals surface area contributed by atoms with Crippen molar-refractivity contribution in [1.29, 1.82) is 0 Å². The Morgan fingerprint density at radius 1 is 1.32 bits per heavy atom. The Bertz CT molecular complexity index is 482. The molecule has 0 heterocycles. The first-order valence-corrected chi connectivity index (χ1v) is 7.44. The third-order valence-electron chi connectivity index (χ3n) is 6.24. The highest BCUT2D eigenvalue weighted by Crippen LogP contribution is 2.65. The van der Waals surface area contributed by atoms with Crippen LogP contribution in [0.4, 0.5) is 5.69 Å². The first kappa shape index (κ1) is 13.0. The molecule has 0 aliphatic heterocycles. The molecule has 3 unspecified atom stereocenters. The molecule has 0 saturated heterocycles. The van der Waals surface area contributed by atoms with E-state index in [-0.39, 0.29) is 6.61 Å². The van der Waals surface area contributed by atoms with Gasteiger partial charge >= 0.3 is 0 Å². The van der Waals surface area contributed by atoms with Crippen LogP contribution in [-0.4, -0.2) is 11.1 Å². The smallest absolute Gasteiger partial charge is 0.0682 e. The van der Waals surface area contributed by atoms with Crippen LogP contribution >= 0.6 is 0 Å². The average molecular weight is 259 g/mol. The number of aliphatic hydroxyl groups is 1. The lowest BCUT2D eigenvalue weighted by Gasteiger charge is -2.40. The van der Waals surface area contributed by atoms with E-state index >= 15 is 0 Å². The van der Waals surface area contributed by atoms with Gasteiger partial charge in [0, 0.05) is 11.7 Å². The molecule has 2 saturated carbocycles. The molecule has 2 bridgehead atoms.